The normalized spacial score (nSPS) is 11.9. The van der Waals surface area contributed by atoms with Crippen molar-refractivity contribution in [3.63, 3.8) is 0 Å². The number of hydrogen-bond donors (Lipinski definition) is 1. The van der Waals surface area contributed by atoms with Gasteiger partial charge in [-0.05, 0) is 42.8 Å². The van der Waals surface area contributed by atoms with Crippen molar-refractivity contribution in [2.24, 2.45) is 0 Å². The van der Waals surface area contributed by atoms with Gasteiger partial charge in [0.05, 0.1) is 17.0 Å². The Morgan fingerprint density at radius 1 is 1.09 bits per heavy atom. The highest BCUT2D eigenvalue weighted by Gasteiger charge is 2.25. The van der Waals surface area contributed by atoms with Crippen molar-refractivity contribution in [1.29, 1.82) is 5.26 Å². The number of benzene rings is 3. The van der Waals surface area contributed by atoms with Crippen LogP contribution in [0.2, 0.25) is 5.02 Å². The highest BCUT2D eigenvalue weighted by molar-refractivity contribution is 8.04. The summed E-state index contributed by atoms with van der Waals surface area (Å²) >= 11 is 7.47. The lowest BCUT2D eigenvalue weighted by Crippen LogP contribution is -2.10. The summed E-state index contributed by atoms with van der Waals surface area (Å²) in [5, 5.41) is 13.5. The van der Waals surface area contributed by atoms with E-state index in [1.165, 1.54) is 31.0 Å². The van der Waals surface area contributed by atoms with Gasteiger partial charge in [-0.1, -0.05) is 59.6 Å². The second-order valence-corrected chi connectivity index (χ2v) is 10.1. The molecule has 0 aromatic heterocycles. The van der Waals surface area contributed by atoms with Crippen molar-refractivity contribution in [2.75, 3.05) is 12.4 Å². The maximum Gasteiger partial charge on any atom is 0.219 e. The summed E-state index contributed by atoms with van der Waals surface area (Å²) < 4.78 is 31.7. The van der Waals surface area contributed by atoms with Gasteiger partial charge in [-0.2, -0.15) is 5.26 Å². The molecule has 3 rings (SSSR count). The lowest BCUT2D eigenvalue weighted by atomic mass is 10.2. The number of nitriles is 1. The Labute approximate surface area is 197 Å². The molecule has 0 amide bonds. The Bertz CT molecular complexity index is 1280. The molecule has 0 spiro atoms. The largest absolute Gasteiger partial charge is 0.495 e. The van der Waals surface area contributed by atoms with Gasteiger partial charge in [0.2, 0.25) is 9.84 Å². The first-order valence-corrected chi connectivity index (χ1v) is 12.4. The van der Waals surface area contributed by atoms with Crippen LogP contribution in [-0.2, 0) is 15.6 Å². The molecule has 0 aliphatic carbocycles. The lowest BCUT2D eigenvalue weighted by Gasteiger charge is -2.15. The molecule has 164 valence electrons. The van der Waals surface area contributed by atoms with Gasteiger partial charge in [0.25, 0.3) is 0 Å². The maximum atomic E-state index is 13.2. The molecule has 0 saturated carbocycles. The molecule has 3 aromatic carbocycles. The minimum atomic E-state index is -4.03. The number of aryl methyl sites for hydroxylation is 1. The molecular formula is C24H21ClN2O3S2. The van der Waals surface area contributed by atoms with Gasteiger partial charge < -0.3 is 10.1 Å². The Kier molecular flexibility index (Phi) is 7.86. The molecule has 5 nitrogen and oxygen atoms in total. The van der Waals surface area contributed by atoms with E-state index in [-0.39, 0.29) is 14.8 Å². The number of hydrogen-bond acceptors (Lipinski definition) is 6. The highest BCUT2D eigenvalue weighted by atomic mass is 35.5. The van der Waals surface area contributed by atoms with Crippen LogP contribution in [0.5, 0.6) is 5.75 Å². The molecule has 3 aromatic rings. The molecule has 0 unspecified atom stereocenters. The third-order valence-corrected chi connectivity index (χ3v) is 7.73. The molecule has 0 radical (unpaired) electrons. The van der Waals surface area contributed by atoms with E-state index >= 15 is 0 Å². The fourth-order valence-corrected chi connectivity index (χ4v) is 5.73. The summed E-state index contributed by atoms with van der Waals surface area (Å²) in [6.07, 6.45) is 0. The van der Waals surface area contributed by atoms with Crippen LogP contribution in [0, 0.1) is 18.3 Å². The third-order valence-electron chi connectivity index (χ3n) is 4.51. The Morgan fingerprint density at radius 2 is 1.84 bits per heavy atom. The van der Waals surface area contributed by atoms with Crippen LogP contribution in [0.4, 0.5) is 5.69 Å². The summed E-state index contributed by atoms with van der Waals surface area (Å²) in [7, 11) is -2.52. The van der Waals surface area contributed by atoms with Gasteiger partial charge in [0, 0.05) is 11.4 Å². The molecule has 8 heteroatoms. The Balaban J connectivity index is 2.05. The van der Waals surface area contributed by atoms with Gasteiger partial charge in [-0.15, -0.1) is 11.8 Å². The summed E-state index contributed by atoms with van der Waals surface area (Å²) in [6, 6.07) is 22.7. The maximum absolute atomic E-state index is 13.2. The molecule has 1 N–H and O–H groups in total. The predicted octanol–water partition coefficient (Wildman–Crippen LogP) is 6.17. The van der Waals surface area contributed by atoms with Crippen molar-refractivity contribution in [3.05, 3.63) is 98.9 Å². The first-order chi connectivity index (χ1) is 15.3. The van der Waals surface area contributed by atoms with E-state index in [1.807, 2.05) is 37.3 Å². The fourth-order valence-electron chi connectivity index (χ4n) is 2.94. The van der Waals surface area contributed by atoms with Crippen LogP contribution in [0.15, 0.2) is 87.6 Å². The first kappa shape index (κ1) is 23.7. The first-order valence-electron chi connectivity index (χ1n) is 9.58. The molecule has 32 heavy (non-hydrogen) atoms. The summed E-state index contributed by atoms with van der Waals surface area (Å²) in [5.74, 6) is 0.969. The van der Waals surface area contributed by atoms with Crippen LogP contribution in [0.3, 0.4) is 0 Å². The number of nitrogens with one attached hydrogen (secondary N) is 1. The zero-order valence-electron chi connectivity index (χ0n) is 17.5. The molecule has 0 aliphatic rings. The summed E-state index contributed by atoms with van der Waals surface area (Å²) in [4.78, 5) is -0.298. The molecule has 0 saturated heterocycles. The van der Waals surface area contributed by atoms with E-state index in [4.69, 9.17) is 16.3 Å². The SMILES string of the molecule is COc1ccc(N/C(SCc2cccc(C)c2)=C(/C#N)S(=O)(=O)c2ccccc2)cc1Cl. The molecule has 0 fully saturated rings. The molecule has 0 atom stereocenters. The van der Waals surface area contributed by atoms with Crippen molar-refractivity contribution >= 4 is 38.9 Å². The number of halogens is 1. The van der Waals surface area contributed by atoms with E-state index in [0.717, 1.165) is 11.1 Å². The van der Waals surface area contributed by atoms with Gasteiger partial charge >= 0.3 is 0 Å². The van der Waals surface area contributed by atoms with Gasteiger partial charge in [-0.3, -0.25) is 0 Å². The second-order valence-electron chi connectivity index (χ2n) is 6.84. The van der Waals surface area contributed by atoms with Crippen LogP contribution in [0.25, 0.3) is 0 Å². The minimum absolute atomic E-state index is 0.0553. The zero-order chi connectivity index (χ0) is 23.1. The quantitative estimate of drug-likeness (QED) is 0.385. The number of nitrogens with zero attached hydrogens (tertiary/aromatic N) is 1. The smallest absolute Gasteiger partial charge is 0.219 e. The minimum Gasteiger partial charge on any atom is -0.495 e. The fraction of sp³-hybridized carbons (Fsp3) is 0.125. The van der Waals surface area contributed by atoms with Crippen molar-refractivity contribution in [2.45, 2.75) is 17.6 Å². The third kappa shape index (κ3) is 5.65. The Morgan fingerprint density at radius 3 is 2.47 bits per heavy atom. The average molecular weight is 485 g/mol. The van der Waals surface area contributed by atoms with Crippen molar-refractivity contribution in [1.82, 2.24) is 0 Å². The average Bonchev–Trinajstić information content (AvgIpc) is 2.78. The van der Waals surface area contributed by atoms with Crippen molar-refractivity contribution in [3.8, 4) is 11.8 Å². The Hall–Kier alpha value is -2.92. The molecule has 0 bridgehead atoms. The highest BCUT2D eigenvalue weighted by Crippen LogP contribution is 2.33. The van der Waals surface area contributed by atoms with E-state index in [9.17, 15) is 13.7 Å². The van der Waals surface area contributed by atoms with Gasteiger partial charge in [-0.25, -0.2) is 8.42 Å². The molecule has 0 heterocycles. The van der Waals surface area contributed by atoms with Crippen LogP contribution in [-0.4, -0.2) is 15.5 Å². The number of thioether (sulfide) groups is 1. The van der Waals surface area contributed by atoms with E-state index < -0.39 is 9.84 Å². The van der Waals surface area contributed by atoms with Crippen LogP contribution < -0.4 is 10.1 Å². The summed E-state index contributed by atoms with van der Waals surface area (Å²) in [6.45, 7) is 1.99. The predicted molar refractivity (Wildman–Crippen MR) is 130 cm³/mol. The zero-order valence-corrected chi connectivity index (χ0v) is 19.9. The van der Waals surface area contributed by atoms with E-state index in [2.05, 4.69) is 5.32 Å². The topological polar surface area (TPSA) is 79.2 Å². The number of sulfone groups is 1. The standard InChI is InChI=1S/C24H21ClN2O3S2/c1-17-7-6-8-18(13-17)16-31-24(27-19-11-12-22(30-2)21(25)14-19)23(15-26)32(28,29)20-9-4-3-5-10-20/h3-14,27H,16H2,1-2H3/b24-23+. The van der Waals surface area contributed by atoms with E-state index in [0.29, 0.717) is 22.2 Å². The van der Waals surface area contributed by atoms with Crippen molar-refractivity contribution < 1.29 is 13.2 Å². The van der Waals surface area contributed by atoms with Gasteiger partial charge in [0.1, 0.15) is 16.8 Å². The molecular weight excluding hydrogens is 464 g/mol. The number of allylic oxidation sites excluding steroid dienone is 1. The lowest BCUT2D eigenvalue weighted by molar-refractivity contribution is 0.415. The van der Waals surface area contributed by atoms with Crippen LogP contribution >= 0.6 is 23.4 Å². The van der Waals surface area contributed by atoms with E-state index in [1.54, 1.807) is 36.4 Å². The number of ether oxygens (including phenoxy) is 1. The van der Waals surface area contributed by atoms with Crippen LogP contribution in [0.1, 0.15) is 11.1 Å². The second kappa shape index (κ2) is 10.6. The number of anilines is 1. The van der Waals surface area contributed by atoms with Gasteiger partial charge in [0.15, 0.2) is 4.91 Å². The summed E-state index contributed by atoms with van der Waals surface area (Å²) in [5.41, 5.74) is 2.65. The monoisotopic (exact) mass is 484 g/mol. The molecule has 0 aliphatic heterocycles. The number of rotatable bonds is 8. The number of methoxy groups -OCH3 is 1.